The van der Waals surface area contributed by atoms with Gasteiger partial charge in [0.05, 0.1) is 6.42 Å². The van der Waals surface area contributed by atoms with Crippen LogP contribution in [-0.4, -0.2) is 16.1 Å². The first kappa shape index (κ1) is 9.01. The summed E-state index contributed by atoms with van der Waals surface area (Å²) >= 11 is 0. The molecule has 1 fully saturated rings. The number of carboxylic acids is 1. The average molecular weight is 205 g/mol. The number of aromatic nitrogens is 1. The second kappa shape index (κ2) is 3.12. The van der Waals surface area contributed by atoms with E-state index in [1.54, 1.807) is 0 Å². The van der Waals surface area contributed by atoms with Crippen molar-refractivity contribution in [3.63, 3.8) is 0 Å². The van der Waals surface area contributed by atoms with Gasteiger partial charge in [0, 0.05) is 11.4 Å². The summed E-state index contributed by atoms with van der Waals surface area (Å²) in [5, 5.41) is 8.93. The van der Waals surface area contributed by atoms with E-state index in [9.17, 15) is 4.79 Å². The molecule has 15 heavy (non-hydrogen) atoms. The third-order valence-corrected chi connectivity index (χ3v) is 3.51. The Morgan fingerprint density at radius 3 is 2.87 bits per heavy atom. The molecule has 80 valence electrons. The number of aromatic amines is 1. The van der Waals surface area contributed by atoms with E-state index in [1.807, 2.05) is 0 Å². The van der Waals surface area contributed by atoms with Crippen LogP contribution in [0.15, 0.2) is 0 Å². The van der Waals surface area contributed by atoms with Gasteiger partial charge in [-0.2, -0.15) is 0 Å². The Morgan fingerprint density at radius 2 is 2.20 bits per heavy atom. The molecule has 3 nitrogen and oxygen atoms in total. The van der Waals surface area contributed by atoms with Gasteiger partial charge in [0.25, 0.3) is 0 Å². The van der Waals surface area contributed by atoms with E-state index < -0.39 is 5.97 Å². The van der Waals surface area contributed by atoms with E-state index in [0.717, 1.165) is 18.4 Å². The quantitative estimate of drug-likeness (QED) is 0.793. The molecule has 2 aliphatic rings. The van der Waals surface area contributed by atoms with E-state index in [-0.39, 0.29) is 6.42 Å². The zero-order valence-corrected chi connectivity index (χ0v) is 8.68. The zero-order chi connectivity index (χ0) is 10.4. The summed E-state index contributed by atoms with van der Waals surface area (Å²) in [7, 11) is 0. The summed E-state index contributed by atoms with van der Waals surface area (Å²) in [6.07, 6.45) is 6.02. The maximum atomic E-state index is 10.8. The molecule has 0 saturated heterocycles. The molecule has 0 amide bonds. The second-order valence-electron chi connectivity index (χ2n) is 4.67. The molecule has 0 unspecified atom stereocenters. The normalized spacial score (nSPS) is 19.2. The van der Waals surface area contributed by atoms with Gasteiger partial charge in [-0.1, -0.05) is 0 Å². The third-order valence-electron chi connectivity index (χ3n) is 3.51. The smallest absolute Gasteiger partial charge is 0.307 e. The van der Waals surface area contributed by atoms with E-state index in [2.05, 4.69) is 4.98 Å². The molecule has 2 N–H and O–H groups in total. The number of rotatable bonds is 3. The van der Waals surface area contributed by atoms with Crippen LogP contribution >= 0.6 is 0 Å². The molecule has 2 aliphatic carbocycles. The molecular weight excluding hydrogens is 190 g/mol. The highest BCUT2D eigenvalue weighted by Crippen LogP contribution is 2.44. The Bertz CT molecular complexity index is 416. The highest BCUT2D eigenvalue weighted by Gasteiger charge is 2.32. The molecule has 1 heterocycles. The van der Waals surface area contributed by atoms with Crippen LogP contribution in [0.2, 0.25) is 0 Å². The van der Waals surface area contributed by atoms with Crippen LogP contribution in [0.4, 0.5) is 0 Å². The number of aliphatic carboxylic acids is 1. The van der Waals surface area contributed by atoms with Crippen LogP contribution < -0.4 is 0 Å². The van der Waals surface area contributed by atoms with Gasteiger partial charge in [0.2, 0.25) is 0 Å². The minimum absolute atomic E-state index is 0.206. The standard InChI is InChI=1S/C12H15NO2/c14-11(15)6-9-8-2-1-3-10(8)13-12(9)7-4-5-7/h7,13H,1-6H2,(H,14,15). The molecule has 1 aromatic rings. The number of hydrogen-bond donors (Lipinski definition) is 2. The second-order valence-corrected chi connectivity index (χ2v) is 4.67. The van der Waals surface area contributed by atoms with Crippen molar-refractivity contribution in [2.24, 2.45) is 0 Å². The molecular formula is C12H15NO2. The van der Waals surface area contributed by atoms with Crippen LogP contribution in [0.25, 0.3) is 0 Å². The average Bonchev–Trinajstić information content (AvgIpc) is 2.82. The van der Waals surface area contributed by atoms with E-state index >= 15 is 0 Å². The van der Waals surface area contributed by atoms with Crippen molar-refractivity contribution in [1.82, 2.24) is 4.98 Å². The first-order valence-corrected chi connectivity index (χ1v) is 5.70. The molecule has 0 radical (unpaired) electrons. The van der Waals surface area contributed by atoms with Crippen molar-refractivity contribution in [1.29, 1.82) is 0 Å². The van der Waals surface area contributed by atoms with Gasteiger partial charge in [-0.3, -0.25) is 4.79 Å². The zero-order valence-electron chi connectivity index (χ0n) is 8.68. The van der Waals surface area contributed by atoms with Gasteiger partial charge in [-0.05, 0) is 49.1 Å². The Kier molecular flexibility index (Phi) is 1.87. The monoisotopic (exact) mass is 205 g/mol. The summed E-state index contributed by atoms with van der Waals surface area (Å²) < 4.78 is 0. The fourth-order valence-electron chi connectivity index (χ4n) is 2.69. The lowest BCUT2D eigenvalue weighted by molar-refractivity contribution is -0.136. The molecule has 3 rings (SSSR count). The summed E-state index contributed by atoms with van der Waals surface area (Å²) in [6.45, 7) is 0. The van der Waals surface area contributed by atoms with Crippen molar-refractivity contribution in [2.45, 2.75) is 44.4 Å². The van der Waals surface area contributed by atoms with Crippen molar-refractivity contribution < 1.29 is 9.90 Å². The fourth-order valence-corrected chi connectivity index (χ4v) is 2.69. The van der Waals surface area contributed by atoms with Crippen molar-refractivity contribution in [3.05, 3.63) is 22.5 Å². The lowest BCUT2D eigenvalue weighted by atomic mass is 10.0. The lowest BCUT2D eigenvalue weighted by Gasteiger charge is -2.02. The molecule has 1 saturated carbocycles. The maximum Gasteiger partial charge on any atom is 0.307 e. The van der Waals surface area contributed by atoms with E-state index in [4.69, 9.17) is 5.11 Å². The topological polar surface area (TPSA) is 53.1 Å². The molecule has 0 spiro atoms. The summed E-state index contributed by atoms with van der Waals surface area (Å²) in [5.41, 5.74) is 4.98. The van der Waals surface area contributed by atoms with Gasteiger partial charge in [0.15, 0.2) is 0 Å². The van der Waals surface area contributed by atoms with Gasteiger partial charge < -0.3 is 10.1 Å². The molecule has 0 atom stereocenters. The lowest BCUT2D eigenvalue weighted by Crippen LogP contribution is -2.03. The molecule has 0 aromatic carbocycles. The van der Waals surface area contributed by atoms with Gasteiger partial charge in [-0.15, -0.1) is 0 Å². The Hall–Kier alpha value is -1.25. The largest absolute Gasteiger partial charge is 0.481 e. The van der Waals surface area contributed by atoms with E-state index in [0.29, 0.717) is 5.92 Å². The fraction of sp³-hybridized carbons (Fsp3) is 0.583. The number of carboxylic acid groups (broad SMARTS) is 1. The van der Waals surface area contributed by atoms with Crippen molar-refractivity contribution in [2.75, 3.05) is 0 Å². The van der Waals surface area contributed by atoms with Crippen molar-refractivity contribution in [3.8, 4) is 0 Å². The number of H-pyrrole nitrogens is 1. The summed E-state index contributed by atoms with van der Waals surface area (Å²) in [5.74, 6) is -0.0736. The predicted molar refractivity (Wildman–Crippen MR) is 56.1 cm³/mol. The SMILES string of the molecule is O=C(O)Cc1c(C2CC2)[nH]c2c1CCC2. The van der Waals surface area contributed by atoms with Crippen LogP contribution in [0, 0.1) is 0 Å². The maximum absolute atomic E-state index is 10.8. The van der Waals surface area contributed by atoms with Gasteiger partial charge in [0.1, 0.15) is 0 Å². The highest BCUT2D eigenvalue weighted by atomic mass is 16.4. The number of hydrogen-bond acceptors (Lipinski definition) is 1. The summed E-state index contributed by atoms with van der Waals surface area (Å²) in [4.78, 5) is 14.3. The summed E-state index contributed by atoms with van der Waals surface area (Å²) in [6, 6.07) is 0. The van der Waals surface area contributed by atoms with Crippen LogP contribution in [-0.2, 0) is 24.1 Å². The predicted octanol–water partition coefficient (Wildman–Crippen LogP) is 2.01. The van der Waals surface area contributed by atoms with Crippen LogP contribution in [0.1, 0.15) is 47.7 Å². The molecule has 0 bridgehead atoms. The number of aryl methyl sites for hydroxylation is 1. The van der Waals surface area contributed by atoms with E-state index in [1.165, 1.54) is 36.2 Å². The first-order chi connectivity index (χ1) is 7.25. The Labute approximate surface area is 88.5 Å². The van der Waals surface area contributed by atoms with Gasteiger partial charge in [-0.25, -0.2) is 0 Å². The van der Waals surface area contributed by atoms with Crippen LogP contribution in [0.5, 0.6) is 0 Å². The van der Waals surface area contributed by atoms with Crippen LogP contribution in [0.3, 0.4) is 0 Å². The Balaban J connectivity index is 2.02. The molecule has 1 aromatic heterocycles. The molecule has 3 heteroatoms. The minimum atomic E-state index is -0.703. The Morgan fingerprint density at radius 1 is 1.40 bits per heavy atom. The number of nitrogens with one attached hydrogen (secondary N) is 1. The first-order valence-electron chi connectivity index (χ1n) is 5.70. The molecule has 0 aliphatic heterocycles. The highest BCUT2D eigenvalue weighted by molar-refractivity contribution is 5.72. The van der Waals surface area contributed by atoms with Crippen molar-refractivity contribution >= 4 is 5.97 Å². The number of fused-ring (bicyclic) bond motifs is 1. The third kappa shape index (κ3) is 1.46. The number of carbonyl (C=O) groups is 1. The van der Waals surface area contributed by atoms with Gasteiger partial charge >= 0.3 is 5.97 Å². The minimum Gasteiger partial charge on any atom is -0.481 e.